The van der Waals surface area contributed by atoms with Crippen LogP contribution in [0.3, 0.4) is 0 Å². The van der Waals surface area contributed by atoms with Gasteiger partial charge in [0, 0.05) is 53.2 Å². The van der Waals surface area contributed by atoms with Crippen molar-refractivity contribution in [3.05, 3.63) is 76.5 Å². The number of carbonyl (C=O) groups excluding carboxylic acids is 2. The van der Waals surface area contributed by atoms with Crippen molar-refractivity contribution in [2.24, 2.45) is 0 Å². The molecule has 0 bridgehead atoms. The number of allylic oxidation sites excluding steroid dienone is 4. The van der Waals surface area contributed by atoms with Crippen molar-refractivity contribution in [1.82, 2.24) is 0 Å². The molecular weight excluding hydrogens is 857 g/mol. The third-order valence-electron chi connectivity index (χ3n) is 9.85. The standard InChI is InChI=1S/C37H48N2O16S4/c1-6-18-54-34(40)26-12-7-13-28-32(26)36(2,3)30(38(28)16-9-20-56(42,43)44)14-8-15-31-37(4,5)33-27(35(41)55-19-11-22-58(48,49)50)23-25(59(51,52)53)24-29(33)39(31)17-10-21-57(45,46)47/h7-8,12-15,23-24H,6,9-11,16-22H2,1-5H3,(H3-,42,43,44,45,46,47,48,49,50,51,52,53). The van der Waals surface area contributed by atoms with Gasteiger partial charge in [0.15, 0.2) is 5.71 Å². The first-order valence-electron chi connectivity index (χ1n) is 18.4. The Morgan fingerprint density at radius 3 is 2.00 bits per heavy atom. The van der Waals surface area contributed by atoms with Crippen LogP contribution in [-0.4, -0.2) is 118 Å². The molecule has 4 rings (SSSR count). The first-order valence-corrected chi connectivity index (χ1v) is 24.6. The van der Waals surface area contributed by atoms with Gasteiger partial charge in [-0.15, -0.1) is 0 Å². The average molecular weight is 905 g/mol. The number of fused-ring (bicyclic) bond motifs is 2. The molecule has 59 heavy (non-hydrogen) atoms. The lowest BCUT2D eigenvalue weighted by molar-refractivity contribution is -0.437. The van der Waals surface area contributed by atoms with Crippen LogP contribution in [0.2, 0.25) is 0 Å². The highest BCUT2D eigenvalue weighted by Crippen LogP contribution is 2.51. The van der Waals surface area contributed by atoms with Crippen molar-refractivity contribution >= 4 is 69.5 Å². The molecule has 0 aliphatic carbocycles. The van der Waals surface area contributed by atoms with Gasteiger partial charge in [-0.1, -0.05) is 32.9 Å². The molecule has 326 valence electrons. The summed E-state index contributed by atoms with van der Waals surface area (Å²) in [6.07, 6.45) is 4.97. The zero-order chi connectivity index (χ0) is 44.4. The smallest absolute Gasteiger partial charge is 0.338 e. The first kappa shape index (κ1) is 47.6. The largest absolute Gasteiger partial charge is 0.748 e. The minimum Gasteiger partial charge on any atom is -0.748 e. The van der Waals surface area contributed by atoms with Crippen LogP contribution in [-0.2, 0) is 60.8 Å². The zero-order valence-corrected chi connectivity index (χ0v) is 36.3. The Morgan fingerprint density at radius 1 is 0.797 bits per heavy atom. The average Bonchev–Trinajstić information content (AvgIpc) is 3.45. The van der Waals surface area contributed by atoms with Crippen molar-refractivity contribution < 1.29 is 75.5 Å². The molecule has 0 fully saturated rings. The fraction of sp³-hybridized carbons (Fsp3) is 0.486. The van der Waals surface area contributed by atoms with Gasteiger partial charge in [0.1, 0.15) is 6.54 Å². The van der Waals surface area contributed by atoms with E-state index in [2.05, 4.69) is 0 Å². The molecule has 0 saturated heterocycles. The van der Waals surface area contributed by atoms with Gasteiger partial charge in [-0.05, 0) is 57.4 Å². The molecule has 0 unspecified atom stereocenters. The fourth-order valence-corrected chi connectivity index (χ4v) is 9.42. The number of benzene rings is 2. The third-order valence-corrected chi connectivity index (χ3v) is 13.1. The van der Waals surface area contributed by atoms with E-state index in [9.17, 15) is 56.9 Å². The molecule has 0 aromatic heterocycles. The Hall–Kier alpha value is -4.03. The van der Waals surface area contributed by atoms with E-state index in [0.29, 0.717) is 29.1 Å². The minimum atomic E-state index is -4.97. The summed E-state index contributed by atoms with van der Waals surface area (Å²) in [4.78, 5) is 27.6. The van der Waals surface area contributed by atoms with Crippen LogP contribution in [0.25, 0.3) is 0 Å². The molecule has 0 amide bonds. The molecular formula is C37H48N2O16S4. The summed E-state index contributed by atoms with van der Waals surface area (Å²) in [5.74, 6) is -3.72. The van der Waals surface area contributed by atoms with E-state index in [-0.39, 0.29) is 61.3 Å². The molecule has 3 N–H and O–H groups in total. The van der Waals surface area contributed by atoms with Crippen molar-refractivity contribution in [3.8, 4) is 0 Å². The maximum atomic E-state index is 13.6. The Morgan fingerprint density at radius 2 is 1.41 bits per heavy atom. The molecule has 2 heterocycles. The van der Waals surface area contributed by atoms with Crippen molar-refractivity contribution in [2.45, 2.75) is 76.0 Å². The molecule has 0 saturated carbocycles. The van der Waals surface area contributed by atoms with Gasteiger partial charge >= 0.3 is 11.9 Å². The first-order chi connectivity index (χ1) is 27.1. The van der Waals surface area contributed by atoms with Crippen LogP contribution in [0.1, 0.15) is 92.1 Å². The van der Waals surface area contributed by atoms with E-state index in [1.165, 1.54) is 4.90 Å². The van der Waals surface area contributed by atoms with Gasteiger partial charge in [0.05, 0.1) is 61.8 Å². The maximum Gasteiger partial charge on any atom is 0.338 e. The molecule has 0 radical (unpaired) electrons. The number of anilines is 1. The lowest BCUT2D eigenvalue weighted by Crippen LogP contribution is -2.30. The number of esters is 2. The van der Waals surface area contributed by atoms with Crippen LogP contribution in [0.5, 0.6) is 0 Å². The summed E-state index contributed by atoms with van der Waals surface area (Å²) in [5.41, 5.74) is 0.265. The summed E-state index contributed by atoms with van der Waals surface area (Å²) in [5, 5.41) is 0. The number of rotatable bonds is 19. The number of hydrogen-bond acceptors (Lipinski definition) is 14. The Bertz CT molecular complexity index is 2540. The third kappa shape index (κ3) is 11.6. The van der Waals surface area contributed by atoms with E-state index < -0.39 is 92.0 Å². The monoisotopic (exact) mass is 904 g/mol. The van der Waals surface area contributed by atoms with Gasteiger partial charge in [0.2, 0.25) is 5.69 Å². The van der Waals surface area contributed by atoms with Crippen LogP contribution >= 0.6 is 0 Å². The Labute approximate surface area is 344 Å². The normalized spacial score (nSPS) is 17.1. The second kappa shape index (κ2) is 17.9. The molecule has 0 atom stereocenters. The number of nitrogens with zero attached hydrogens (tertiary/aromatic N) is 2. The van der Waals surface area contributed by atoms with Crippen molar-refractivity contribution in [2.75, 3.05) is 48.5 Å². The number of ether oxygens (including phenoxy) is 2. The molecule has 2 aliphatic heterocycles. The lowest BCUT2D eigenvalue weighted by atomic mass is 9.78. The number of carbonyl (C=O) groups is 2. The molecule has 22 heteroatoms. The molecule has 18 nitrogen and oxygen atoms in total. The summed E-state index contributed by atoms with van der Waals surface area (Å²) >= 11 is 0. The van der Waals surface area contributed by atoms with Gasteiger partial charge in [-0.25, -0.2) is 18.0 Å². The zero-order valence-electron chi connectivity index (χ0n) is 33.1. The molecule has 2 aliphatic rings. The molecule has 0 spiro atoms. The SMILES string of the molecule is CCCOC(=O)c1cccc2c1C(C)(C)C(/C=C/C=C1/N(CCCS(=O)(=O)O)c3cc(S(=O)(=O)O)cc(C(=O)OCCCS(=O)(=O)O)c3C1(C)C)=[N+]2CCCS(=O)(=O)[O-]. The second-order valence-corrected chi connectivity index (χ2v) is 21.1. The topological polar surface area (TPSA) is 279 Å². The predicted molar refractivity (Wildman–Crippen MR) is 215 cm³/mol. The summed E-state index contributed by atoms with van der Waals surface area (Å²) < 4.78 is 147. The number of hydrogen-bond donors (Lipinski definition) is 3. The highest BCUT2D eigenvalue weighted by Gasteiger charge is 2.48. The van der Waals surface area contributed by atoms with Crippen LogP contribution in [0.4, 0.5) is 11.4 Å². The molecule has 2 aromatic rings. The summed E-state index contributed by atoms with van der Waals surface area (Å²) in [6, 6.07) is 7.02. The maximum absolute atomic E-state index is 13.6. The van der Waals surface area contributed by atoms with E-state index >= 15 is 0 Å². The second-order valence-electron chi connectivity index (χ2n) is 15.1. The van der Waals surface area contributed by atoms with E-state index in [1.807, 2.05) is 20.8 Å². The van der Waals surface area contributed by atoms with Crippen LogP contribution in [0, 0.1) is 0 Å². The quantitative estimate of drug-likeness (QED) is 0.0783. The highest BCUT2D eigenvalue weighted by molar-refractivity contribution is 7.86. The van der Waals surface area contributed by atoms with Gasteiger partial charge in [0.25, 0.3) is 30.4 Å². The minimum absolute atomic E-state index is 0.0566. The highest BCUT2D eigenvalue weighted by atomic mass is 32.2. The van der Waals surface area contributed by atoms with E-state index in [4.69, 9.17) is 14.0 Å². The summed E-state index contributed by atoms with van der Waals surface area (Å²) in [6.45, 7) is 8.51. The Balaban J connectivity index is 1.90. The van der Waals surface area contributed by atoms with Crippen molar-refractivity contribution in [3.63, 3.8) is 0 Å². The van der Waals surface area contributed by atoms with Crippen LogP contribution < -0.4 is 4.90 Å². The fourth-order valence-electron chi connectivity index (χ4n) is 7.43. The van der Waals surface area contributed by atoms with Gasteiger partial charge in [-0.2, -0.15) is 29.8 Å². The van der Waals surface area contributed by atoms with Gasteiger partial charge < -0.3 is 18.9 Å². The lowest BCUT2D eigenvalue weighted by Gasteiger charge is -2.27. The van der Waals surface area contributed by atoms with Gasteiger partial charge in [-0.3, -0.25) is 13.7 Å². The van der Waals surface area contributed by atoms with E-state index in [1.54, 1.807) is 54.9 Å². The molecule has 2 aromatic carbocycles. The predicted octanol–water partition coefficient (Wildman–Crippen LogP) is 3.76. The van der Waals surface area contributed by atoms with Crippen molar-refractivity contribution in [1.29, 1.82) is 0 Å². The summed E-state index contributed by atoms with van der Waals surface area (Å²) in [7, 11) is -18.4. The van der Waals surface area contributed by atoms with Crippen LogP contribution in [0.15, 0.2) is 59.2 Å². The Kier molecular flexibility index (Phi) is 14.5. The van der Waals surface area contributed by atoms with E-state index in [0.717, 1.165) is 12.1 Å².